The highest BCUT2D eigenvalue weighted by Crippen LogP contribution is 2.30. The molecule has 1 aromatic rings. The van der Waals surface area contributed by atoms with Crippen LogP contribution in [0.2, 0.25) is 0 Å². The number of hydrogen-bond donors (Lipinski definition) is 1. The van der Waals surface area contributed by atoms with E-state index in [4.69, 9.17) is 4.74 Å². The van der Waals surface area contributed by atoms with Gasteiger partial charge in [0, 0.05) is 44.0 Å². The molecule has 29 heavy (non-hydrogen) atoms. The lowest BCUT2D eigenvalue weighted by Crippen LogP contribution is -2.45. The third-order valence-corrected chi connectivity index (χ3v) is 6.40. The maximum atomic E-state index is 13.1. The van der Waals surface area contributed by atoms with Crippen LogP contribution in [0.15, 0.2) is 24.3 Å². The maximum absolute atomic E-state index is 13.1. The van der Waals surface area contributed by atoms with Crippen molar-refractivity contribution >= 4 is 11.7 Å². The number of ether oxygens (including phenoxy) is 1. The van der Waals surface area contributed by atoms with Crippen LogP contribution in [-0.4, -0.2) is 74.8 Å². The summed E-state index contributed by atoms with van der Waals surface area (Å²) in [6.45, 7) is 6.62. The van der Waals surface area contributed by atoms with Crippen LogP contribution in [0, 0.1) is 0 Å². The number of amides is 2. The average molecular weight is 403 g/mol. The molecule has 6 heteroatoms. The van der Waals surface area contributed by atoms with E-state index >= 15 is 0 Å². The van der Waals surface area contributed by atoms with Crippen LogP contribution < -0.4 is 15.0 Å². The Morgan fingerprint density at radius 2 is 1.86 bits per heavy atom. The third kappa shape index (κ3) is 5.64. The van der Waals surface area contributed by atoms with E-state index in [0.29, 0.717) is 12.1 Å². The second kappa shape index (κ2) is 10.8. The topological polar surface area (TPSA) is 48.1 Å². The normalized spacial score (nSPS) is 22.6. The standard InChI is InChI=1S/C23H38N4O2/c1-4-5-18-29-22-12-10-21(11-13-22)27-17-16-26(23(27)28)20-8-6-19(7-9-20)25(3)15-14-24-2/h10-13,19-20,24H,4-9,14-18H2,1-3H3. The van der Waals surface area contributed by atoms with Gasteiger partial charge in [-0.05, 0) is 70.5 Å². The summed E-state index contributed by atoms with van der Waals surface area (Å²) in [6, 6.07) is 9.18. The van der Waals surface area contributed by atoms with Crippen molar-refractivity contribution < 1.29 is 9.53 Å². The monoisotopic (exact) mass is 402 g/mol. The second-order valence-electron chi connectivity index (χ2n) is 8.37. The Balaban J connectivity index is 1.50. The molecular weight excluding hydrogens is 364 g/mol. The summed E-state index contributed by atoms with van der Waals surface area (Å²) in [5, 5.41) is 3.23. The van der Waals surface area contributed by atoms with E-state index in [2.05, 4.69) is 29.1 Å². The van der Waals surface area contributed by atoms with Crippen LogP contribution >= 0.6 is 0 Å². The molecule has 1 N–H and O–H groups in total. The van der Waals surface area contributed by atoms with Gasteiger partial charge in [-0.15, -0.1) is 0 Å². The number of rotatable bonds is 10. The van der Waals surface area contributed by atoms with Gasteiger partial charge in [0.15, 0.2) is 0 Å². The first-order valence-corrected chi connectivity index (χ1v) is 11.3. The van der Waals surface area contributed by atoms with Gasteiger partial charge in [-0.2, -0.15) is 0 Å². The number of benzene rings is 1. The van der Waals surface area contributed by atoms with E-state index in [1.165, 1.54) is 12.8 Å². The molecule has 2 aliphatic rings. The van der Waals surface area contributed by atoms with Gasteiger partial charge in [0.1, 0.15) is 5.75 Å². The summed E-state index contributed by atoms with van der Waals surface area (Å²) in [5.74, 6) is 0.881. The zero-order chi connectivity index (χ0) is 20.6. The van der Waals surface area contributed by atoms with Gasteiger partial charge in [0.2, 0.25) is 0 Å². The highest BCUT2D eigenvalue weighted by molar-refractivity contribution is 5.94. The minimum atomic E-state index is 0.164. The molecule has 1 saturated heterocycles. The Kier molecular flexibility index (Phi) is 8.19. The lowest BCUT2D eigenvalue weighted by Gasteiger charge is -2.38. The minimum Gasteiger partial charge on any atom is -0.494 e. The Hall–Kier alpha value is -1.79. The van der Waals surface area contributed by atoms with Crippen molar-refractivity contribution in [3.05, 3.63) is 24.3 Å². The van der Waals surface area contributed by atoms with Gasteiger partial charge in [0.05, 0.1) is 6.61 Å². The highest BCUT2D eigenvalue weighted by Gasteiger charge is 2.36. The molecule has 162 valence electrons. The van der Waals surface area contributed by atoms with Crippen LogP contribution in [0.1, 0.15) is 45.4 Å². The van der Waals surface area contributed by atoms with E-state index < -0.39 is 0 Å². The number of likely N-dealkylation sites (N-methyl/N-ethyl adjacent to an activating group) is 2. The predicted molar refractivity (Wildman–Crippen MR) is 119 cm³/mol. The molecule has 1 aliphatic heterocycles. The van der Waals surface area contributed by atoms with Crippen LogP contribution in [-0.2, 0) is 0 Å². The van der Waals surface area contributed by atoms with Crippen LogP contribution in [0.25, 0.3) is 0 Å². The number of urea groups is 1. The predicted octanol–water partition coefficient (Wildman–Crippen LogP) is 3.57. The molecule has 6 nitrogen and oxygen atoms in total. The van der Waals surface area contributed by atoms with E-state index in [9.17, 15) is 4.79 Å². The fraction of sp³-hybridized carbons (Fsp3) is 0.696. The Labute approximate surface area is 176 Å². The number of anilines is 1. The largest absolute Gasteiger partial charge is 0.494 e. The third-order valence-electron chi connectivity index (χ3n) is 6.40. The molecule has 0 aromatic heterocycles. The summed E-state index contributed by atoms with van der Waals surface area (Å²) < 4.78 is 5.74. The van der Waals surface area contributed by atoms with Gasteiger partial charge in [-0.3, -0.25) is 4.90 Å². The van der Waals surface area contributed by atoms with Crippen molar-refractivity contribution in [1.29, 1.82) is 0 Å². The quantitative estimate of drug-likeness (QED) is 0.608. The molecule has 2 fully saturated rings. The lowest BCUT2D eigenvalue weighted by atomic mass is 9.89. The van der Waals surface area contributed by atoms with Crippen molar-refractivity contribution in [3.8, 4) is 5.75 Å². The molecule has 0 atom stereocenters. The van der Waals surface area contributed by atoms with Crippen molar-refractivity contribution in [2.45, 2.75) is 57.5 Å². The summed E-state index contributed by atoms with van der Waals surface area (Å²) >= 11 is 0. The lowest BCUT2D eigenvalue weighted by molar-refractivity contribution is 0.133. The van der Waals surface area contributed by atoms with E-state index in [-0.39, 0.29) is 6.03 Å². The number of hydrogen-bond acceptors (Lipinski definition) is 4. The summed E-state index contributed by atoms with van der Waals surface area (Å²) in [5.41, 5.74) is 0.973. The summed E-state index contributed by atoms with van der Waals surface area (Å²) in [6.07, 6.45) is 6.77. The van der Waals surface area contributed by atoms with Crippen LogP contribution in [0.3, 0.4) is 0 Å². The van der Waals surface area contributed by atoms with Gasteiger partial charge in [0.25, 0.3) is 0 Å². The number of nitrogens with zero attached hydrogens (tertiary/aromatic N) is 3. The van der Waals surface area contributed by atoms with Crippen LogP contribution in [0.5, 0.6) is 5.75 Å². The van der Waals surface area contributed by atoms with E-state index in [1.54, 1.807) is 0 Å². The number of carbonyl (C=O) groups excluding carboxylic acids is 1. The number of carbonyl (C=O) groups is 1. The van der Waals surface area contributed by atoms with Gasteiger partial charge in [-0.1, -0.05) is 13.3 Å². The van der Waals surface area contributed by atoms with Crippen molar-refractivity contribution in [1.82, 2.24) is 15.1 Å². The van der Waals surface area contributed by atoms with E-state index in [0.717, 1.165) is 69.9 Å². The zero-order valence-corrected chi connectivity index (χ0v) is 18.4. The van der Waals surface area contributed by atoms with Gasteiger partial charge < -0.3 is 19.9 Å². The van der Waals surface area contributed by atoms with E-state index in [1.807, 2.05) is 36.2 Å². The summed E-state index contributed by atoms with van der Waals surface area (Å²) in [4.78, 5) is 19.6. The molecule has 1 saturated carbocycles. The minimum absolute atomic E-state index is 0.164. The highest BCUT2D eigenvalue weighted by atomic mass is 16.5. The second-order valence-corrected chi connectivity index (χ2v) is 8.37. The number of nitrogens with one attached hydrogen (secondary N) is 1. The first-order valence-electron chi connectivity index (χ1n) is 11.3. The molecule has 1 aliphatic carbocycles. The Bertz CT molecular complexity index is 628. The maximum Gasteiger partial charge on any atom is 0.324 e. The molecule has 0 spiro atoms. The van der Waals surface area contributed by atoms with Crippen molar-refractivity contribution in [3.63, 3.8) is 0 Å². The zero-order valence-electron chi connectivity index (χ0n) is 18.4. The fourth-order valence-electron chi connectivity index (χ4n) is 4.47. The molecule has 1 aromatic carbocycles. The SMILES string of the molecule is CCCCOc1ccc(N2CCN(C3CCC(N(C)CCNC)CC3)C2=O)cc1. The Morgan fingerprint density at radius 1 is 1.14 bits per heavy atom. The van der Waals surface area contributed by atoms with Gasteiger partial charge >= 0.3 is 6.03 Å². The molecule has 0 radical (unpaired) electrons. The molecular formula is C23H38N4O2. The Morgan fingerprint density at radius 3 is 2.52 bits per heavy atom. The van der Waals surface area contributed by atoms with Gasteiger partial charge in [-0.25, -0.2) is 4.79 Å². The number of unbranched alkanes of at least 4 members (excludes halogenated alkanes) is 1. The molecule has 0 bridgehead atoms. The average Bonchev–Trinajstić information content (AvgIpc) is 3.14. The van der Waals surface area contributed by atoms with Crippen molar-refractivity contribution in [2.24, 2.45) is 0 Å². The molecule has 0 unspecified atom stereocenters. The summed E-state index contributed by atoms with van der Waals surface area (Å²) in [7, 11) is 4.23. The van der Waals surface area contributed by atoms with Crippen molar-refractivity contribution in [2.75, 3.05) is 51.8 Å². The first kappa shape index (κ1) is 21.9. The van der Waals surface area contributed by atoms with Crippen LogP contribution in [0.4, 0.5) is 10.5 Å². The molecule has 2 amide bonds. The first-order chi connectivity index (χ1) is 14.1. The molecule has 1 heterocycles. The smallest absolute Gasteiger partial charge is 0.324 e. The molecule has 3 rings (SSSR count). The fourth-order valence-corrected chi connectivity index (χ4v) is 4.47.